The number of pyridine rings is 1. The van der Waals surface area contributed by atoms with E-state index in [1.807, 2.05) is 20.0 Å². The minimum absolute atomic E-state index is 0.389. The first-order chi connectivity index (χ1) is 16.5. The summed E-state index contributed by atoms with van der Waals surface area (Å²) in [6.07, 6.45) is 9.67. The zero-order valence-corrected chi connectivity index (χ0v) is 23.0. The van der Waals surface area contributed by atoms with Crippen molar-refractivity contribution in [3.05, 3.63) is 23.5 Å². The van der Waals surface area contributed by atoms with Crippen LogP contribution in [0.5, 0.6) is 0 Å². The van der Waals surface area contributed by atoms with Gasteiger partial charge >= 0.3 is 0 Å². The molecule has 2 aliphatic heterocycles. The minimum Gasteiger partial charge on any atom is -0.360 e. The number of allylic oxidation sites excluding steroid dienone is 1. The first-order valence-corrected chi connectivity index (χ1v) is 14.1. The van der Waals surface area contributed by atoms with Crippen LogP contribution in [0.25, 0.3) is 15.8 Å². The average Bonchev–Trinajstić information content (AvgIpc) is 3.51. The second-order valence-electron chi connectivity index (χ2n) is 9.40. The SMILES string of the molecule is CC.CCNCCC1(C)CN(c2cc3sc(/C(=C/N=C(CC)N4CCCC4)CC)nc3cn2)C1. The maximum atomic E-state index is 4.89. The molecule has 2 aromatic heterocycles. The molecular weight excluding hydrogens is 440 g/mol. The molecule has 2 aromatic rings. The molecule has 2 aliphatic rings. The quantitative estimate of drug-likeness (QED) is 0.261. The maximum Gasteiger partial charge on any atom is 0.130 e. The summed E-state index contributed by atoms with van der Waals surface area (Å²) in [5.41, 5.74) is 2.58. The normalized spacial score (nSPS) is 18.2. The van der Waals surface area contributed by atoms with Crippen LogP contribution in [0.4, 0.5) is 5.82 Å². The Hall–Kier alpha value is -1.99. The smallest absolute Gasteiger partial charge is 0.130 e. The van der Waals surface area contributed by atoms with E-state index in [0.717, 1.165) is 68.5 Å². The molecule has 0 bridgehead atoms. The lowest BCUT2D eigenvalue weighted by Crippen LogP contribution is -2.56. The summed E-state index contributed by atoms with van der Waals surface area (Å²) in [5, 5.41) is 4.52. The zero-order chi connectivity index (χ0) is 24.6. The molecule has 0 saturated carbocycles. The lowest BCUT2D eigenvalue weighted by atomic mass is 9.79. The molecule has 34 heavy (non-hydrogen) atoms. The standard InChI is InChI=1S/C25H38N6S.C2H6/c1-5-19(15-27-22(6-2)30-12-8-9-13-30)24-29-20-16-28-23(14-21(20)32-24)31-17-25(4,18-31)10-11-26-7-3;1-2/h14-16,26H,5-13,17-18H2,1-4H3;1-2H3/b19-15+,27-22?;. The van der Waals surface area contributed by atoms with Crippen LogP contribution in [0, 0.1) is 5.41 Å². The summed E-state index contributed by atoms with van der Waals surface area (Å²) in [6.45, 7) is 19.5. The third kappa shape index (κ3) is 6.36. The highest BCUT2D eigenvalue weighted by Crippen LogP contribution is 2.37. The largest absolute Gasteiger partial charge is 0.360 e. The third-order valence-electron chi connectivity index (χ3n) is 6.70. The molecule has 1 N–H and O–H groups in total. The van der Waals surface area contributed by atoms with Gasteiger partial charge in [-0.3, -0.25) is 0 Å². The Morgan fingerprint density at radius 3 is 2.56 bits per heavy atom. The highest BCUT2D eigenvalue weighted by atomic mass is 32.1. The van der Waals surface area contributed by atoms with Gasteiger partial charge in [-0.25, -0.2) is 15.0 Å². The lowest BCUT2D eigenvalue weighted by Gasteiger charge is -2.49. The second-order valence-corrected chi connectivity index (χ2v) is 10.4. The van der Waals surface area contributed by atoms with Gasteiger partial charge in [0.05, 0.1) is 10.9 Å². The van der Waals surface area contributed by atoms with Gasteiger partial charge in [-0.05, 0) is 38.8 Å². The zero-order valence-electron chi connectivity index (χ0n) is 22.2. The van der Waals surface area contributed by atoms with Crippen molar-refractivity contribution >= 4 is 38.8 Å². The van der Waals surface area contributed by atoms with Crippen molar-refractivity contribution in [2.75, 3.05) is 44.2 Å². The van der Waals surface area contributed by atoms with Crippen LogP contribution in [0.2, 0.25) is 0 Å². The van der Waals surface area contributed by atoms with Gasteiger partial charge in [-0.15, -0.1) is 11.3 Å². The molecule has 7 heteroatoms. The molecule has 0 aliphatic carbocycles. The van der Waals surface area contributed by atoms with Crippen molar-refractivity contribution in [1.82, 2.24) is 20.2 Å². The Bertz CT molecular complexity index is 967. The Kier molecular flexibility index (Phi) is 9.89. The topological polar surface area (TPSA) is 56.6 Å². The molecule has 4 heterocycles. The number of fused-ring (bicyclic) bond motifs is 1. The van der Waals surface area contributed by atoms with Crippen molar-refractivity contribution < 1.29 is 0 Å². The van der Waals surface area contributed by atoms with E-state index < -0.39 is 0 Å². The number of nitrogens with one attached hydrogen (secondary N) is 1. The van der Waals surface area contributed by atoms with E-state index in [9.17, 15) is 0 Å². The van der Waals surface area contributed by atoms with Crippen LogP contribution in [-0.2, 0) is 0 Å². The molecular formula is C27H44N6S. The highest BCUT2D eigenvalue weighted by Gasteiger charge is 2.38. The number of aromatic nitrogens is 2. The molecule has 0 radical (unpaired) electrons. The molecule has 2 fully saturated rings. The first kappa shape index (κ1) is 26.6. The monoisotopic (exact) mass is 484 g/mol. The molecule has 4 rings (SSSR count). The molecule has 188 valence electrons. The molecule has 0 amide bonds. The van der Waals surface area contributed by atoms with Crippen LogP contribution >= 0.6 is 11.3 Å². The fraction of sp³-hybridized carbons (Fsp3) is 0.667. The number of amidine groups is 1. The van der Waals surface area contributed by atoms with Crippen molar-refractivity contribution in [3.8, 4) is 0 Å². The number of rotatable bonds is 9. The minimum atomic E-state index is 0.389. The summed E-state index contributed by atoms with van der Waals surface area (Å²) in [5.74, 6) is 2.28. The van der Waals surface area contributed by atoms with Crippen LogP contribution in [0.15, 0.2) is 23.5 Å². The van der Waals surface area contributed by atoms with Crippen molar-refractivity contribution in [2.24, 2.45) is 10.4 Å². The van der Waals surface area contributed by atoms with E-state index in [4.69, 9.17) is 15.0 Å². The molecule has 0 spiro atoms. The van der Waals surface area contributed by atoms with E-state index >= 15 is 0 Å². The highest BCUT2D eigenvalue weighted by molar-refractivity contribution is 7.19. The van der Waals surface area contributed by atoms with Gasteiger partial charge in [0.2, 0.25) is 0 Å². The molecule has 2 saturated heterocycles. The summed E-state index contributed by atoms with van der Waals surface area (Å²) in [4.78, 5) is 19.3. The van der Waals surface area contributed by atoms with Gasteiger partial charge in [-0.2, -0.15) is 0 Å². The summed E-state index contributed by atoms with van der Waals surface area (Å²) >= 11 is 1.77. The van der Waals surface area contributed by atoms with Crippen LogP contribution in [0.1, 0.15) is 78.7 Å². The van der Waals surface area contributed by atoms with E-state index in [2.05, 4.69) is 55.1 Å². The third-order valence-corrected chi connectivity index (χ3v) is 7.79. The molecule has 0 unspecified atom stereocenters. The summed E-state index contributed by atoms with van der Waals surface area (Å²) in [7, 11) is 0. The Morgan fingerprint density at radius 2 is 1.91 bits per heavy atom. The van der Waals surface area contributed by atoms with Gasteiger partial charge < -0.3 is 15.1 Å². The van der Waals surface area contributed by atoms with Crippen molar-refractivity contribution in [2.45, 2.75) is 73.6 Å². The number of nitrogens with zero attached hydrogens (tertiary/aromatic N) is 5. The number of hydrogen-bond donors (Lipinski definition) is 1. The number of hydrogen-bond acceptors (Lipinski definition) is 6. The number of thiazole rings is 1. The van der Waals surface area contributed by atoms with Crippen LogP contribution in [0.3, 0.4) is 0 Å². The van der Waals surface area contributed by atoms with Gasteiger partial charge in [0, 0.05) is 55.9 Å². The Morgan fingerprint density at radius 1 is 1.18 bits per heavy atom. The number of likely N-dealkylation sites (tertiary alicyclic amines) is 1. The maximum absolute atomic E-state index is 4.89. The summed E-state index contributed by atoms with van der Waals surface area (Å²) < 4.78 is 1.21. The van der Waals surface area contributed by atoms with Crippen LogP contribution in [-0.4, -0.2) is 60.0 Å². The number of anilines is 1. The van der Waals surface area contributed by atoms with Gasteiger partial charge in [0.25, 0.3) is 0 Å². The van der Waals surface area contributed by atoms with E-state index in [1.54, 1.807) is 11.3 Å². The fourth-order valence-corrected chi connectivity index (χ4v) is 5.76. The first-order valence-electron chi connectivity index (χ1n) is 13.3. The number of aliphatic imine (C=N–C) groups is 1. The van der Waals surface area contributed by atoms with E-state index in [-0.39, 0.29) is 0 Å². The predicted octanol–water partition coefficient (Wildman–Crippen LogP) is 6.20. The lowest BCUT2D eigenvalue weighted by molar-refractivity contribution is 0.220. The fourth-order valence-electron chi connectivity index (χ4n) is 4.72. The van der Waals surface area contributed by atoms with Gasteiger partial charge in [0.1, 0.15) is 22.2 Å². The molecule has 0 aromatic carbocycles. The predicted molar refractivity (Wildman–Crippen MR) is 149 cm³/mol. The average molecular weight is 485 g/mol. The van der Waals surface area contributed by atoms with Gasteiger partial charge in [-0.1, -0.05) is 41.5 Å². The van der Waals surface area contributed by atoms with E-state index in [0.29, 0.717) is 5.41 Å². The van der Waals surface area contributed by atoms with E-state index in [1.165, 1.54) is 35.4 Å². The van der Waals surface area contributed by atoms with Crippen molar-refractivity contribution in [3.63, 3.8) is 0 Å². The van der Waals surface area contributed by atoms with Crippen molar-refractivity contribution in [1.29, 1.82) is 0 Å². The molecule has 6 nitrogen and oxygen atoms in total. The second kappa shape index (κ2) is 12.6. The Labute approximate surface area is 210 Å². The molecule has 0 atom stereocenters. The summed E-state index contributed by atoms with van der Waals surface area (Å²) in [6, 6.07) is 2.22. The Balaban J connectivity index is 0.00000158. The van der Waals surface area contributed by atoms with Gasteiger partial charge in [0.15, 0.2) is 0 Å². The van der Waals surface area contributed by atoms with Crippen LogP contribution < -0.4 is 10.2 Å².